The number of rotatable bonds is 7. The summed E-state index contributed by atoms with van der Waals surface area (Å²) in [5, 5.41) is 13.5. The fourth-order valence-corrected chi connectivity index (χ4v) is 5.34. The molecule has 44 heavy (non-hydrogen) atoms. The lowest BCUT2D eigenvalue weighted by Gasteiger charge is -2.35. The zero-order chi connectivity index (χ0) is 32.4. The third kappa shape index (κ3) is 6.89. The Balaban J connectivity index is 1.62. The number of hydrogen-bond acceptors (Lipinski definition) is 4. The van der Waals surface area contributed by atoms with Crippen molar-refractivity contribution in [3.63, 3.8) is 0 Å². The summed E-state index contributed by atoms with van der Waals surface area (Å²) in [6, 6.07) is 6.78. The van der Waals surface area contributed by atoms with Gasteiger partial charge in [-0.05, 0) is 48.2 Å². The molecular formula is C28H29F7N6O3. The number of piperazine rings is 1. The largest absolute Gasteiger partial charge is 0.417 e. The van der Waals surface area contributed by atoms with Gasteiger partial charge in [0.25, 0.3) is 11.8 Å². The van der Waals surface area contributed by atoms with Crippen LogP contribution in [0.2, 0.25) is 0 Å². The van der Waals surface area contributed by atoms with E-state index in [1.54, 1.807) is 0 Å². The highest BCUT2D eigenvalue weighted by Gasteiger charge is 2.51. The molecule has 0 aliphatic carbocycles. The molecule has 2 aliphatic rings. The van der Waals surface area contributed by atoms with Gasteiger partial charge in [-0.3, -0.25) is 19.9 Å². The van der Waals surface area contributed by atoms with E-state index in [9.17, 15) is 45.1 Å². The van der Waals surface area contributed by atoms with Crippen molar-refractivity contribution in [1.29, 1.82) is 5.41 Å². The van der Waals surface area contributed by atoms with Gasteiger partial charge >= 0.3 is 18.4 Å². The average molecular weight is 631 g/mol. The maximum Gasteiger partial charge on any atom is 0.417 e. The molecule has 238 valence electrons. The third-order valence-corrected chi connectivity index (χ3v) is 7.59. The Hall–Kier alpha value is -4.37. The van der Waals surface area contributed by atoms with Gasteiger partial charge in [0.15, 0.2) is 5.96 Å². The predicted octanol–water partition coefficient (Wildman–Crippen LogP) is 4.44. The number of hydrogen-bond donors (Lipinski definition) is 3. The summed E-state index contributed by atoms with van der Waals surface area (Å²) in [4.78, 5) is 42.3. The van der Waals surface area contributed by atoms with Crippen LogP contribution in [0, 0.1) is 11.2 Å². The van der Waals surface area contributed by atoms with E-state index in [-0.39, 0.29) is 37.3 Å². The Morgan fingerprint density at radius 3 is 2.16 bits per heavy atom. The van der Waals surface area contributed by atoms with Crippen LogP contribution >= 0.6 is 0 Å². The van der Waals surface area contributed by atoms with Gasteiger partial charge < -0.3 is 20.4 Å². The second-order valence-corrected chi connectivity index (χ2v) is 10.5. The Morgan fingerprint density at radius 1 is 0.977 bits per heavy atom. The quantitative estimate of drug-likeness (QED) is 0.394. The highest BCUT2D eigenvalue weighted by molar-refractivity contribution is 6.08. The molecule has 2 aromatic carbocycles. The second-order valence-electron chi connectivity index (χ2n) is 10.5. The number of benzene rings is 2. The van der Waals surface area contributed by atoms with Crippen molar-refractivity contribution in [2.45, 2.75) is 43.7 Å². The number of urea groups is 1. The fraction of sp³-hybridized carbons (Fsp3) is 0.429. The van der Waals surface area contributed by atoms with Gasteiger partial charge in [0.05, 0.1) is 17.7 Å². The first-order valence-electron chi connectivity index (χ1n) is 13.5. The standard InChI is InChI=1S/C28H29F7N6O3/c1-37-25(44)40-13-11-39(12-14-40)22(42)20-15-17(3-8-21(20)28(33,34)35)16-41-23(43)26(38-24(41)36,9-2-10-27(30,31)32)18-4-6-19(29)7-5-18/h3-8,15H,2,9-14,16H2,1H3,(H2,36,38)(H,37,44)/t26-/m1/s1. The summed E-state index contributed by atoms with van der Waals surface area (Å²) < 4.78 is 94.2. The molecule has 2 aliphatic heterocycles. The molecule has 0 spiro atoms. The van der Waals surface area contributed by atoms with Crippen LogP contribution in [0.4, 0.5) is 35.5 Å². The van der Waals surface area contributed by atoms with Crippen LogP contribution in [-0.4, -0.2) is 77.9 Å². The van der Waals surface area contributed by atoms with Gasteiger partial charge in [-0.15, -0.1) is 0 Å². The van der Waals surface area contributed by atoms with Crippen molar-refractivity contribution in [3.8, 4) is 0 Å². The molecule has 16 heteroatoms. The molecule has 4 rings (SSSR count). The van der Waals surface area contributed by atoms with E-state index < -0.39 is 84.4 Å². The van der Waals surface area contributed by atoms with E-state index >= 15 is 0 Å². The molecule has 0 saturated carbocycles. The van der Waals surface area contributed by atoms with Gasteiger partial charge in [0.2, 0.25) is 0 Å². The number of nitrogens with zero attached hydrogens (tertiary/aromatic N) is 3. The summed E-state index contributed by atoms with van der Waals surface area (Å²) in [6.07, 6.45) is -11.6. The number of guanidine groups is 1. The number of carbonyl (C=O) groups excluding carboxylic acids is 3. The predicted molar refractivity (Wildman–Crippen MR) is 143 cm³/mol. The van der Waals surface area contributed by atoms with Crippen molar-refractivity contribution < 1.29 is 45.1 Å². The SMILES string of the molecule is CNC(=O)N1CCN(C(=O)c2cc(CN3C(=N)N[C@](CCCC(F)(F)F)(c4ccc(F)cc4)C3=O)ccc2C(F)(F)F)CC1. The number of carbonyl (C=O) groups is 3. The lowest BCUT2D eigenvalue weighted by molar-refractivity contribution is -0.140. The minimum Gasteiger partial charge on any atom is -0.341 e. The number of nitrogens with one attached hydrogen (secondary N) is 3. The Morgan fingerprint density at radius 2 is 1.59 bits per heavy atom. The van der Waals surface area contributed by atoms with Gasteiger partial charge in [-0.25, -0.2) is 9.18 Å². The molecule has 1 atom stereocenters. The molecule has 2 fully saturated rings. The van der Waals surface area contributed by atoms with Crippen LogP contribution in [0.1, 0.15) is 46.3 Å². The molecule has 0 radical (unpaired) electrons. The zero-order valence-corrected chi connectivity index (χ0v) is 23.4. The smallest absolute Gasteiger partial charge is 0.341 e. The Labute approximate surface area is 247 Å². The van der Waals surface area contributed by atoms with Crippen molar-refractivity contribution >= 4 is 23.8 Å². The molecule has 2 saturated heterocycles. The highest BCUT2D eigenvalue weighted by atomic mass is 19.4. The molecule has 4 amide bonds. The van der Waals surface area contributed by atoms with Crippen LogP contribution in [0.3, 0.4) is 0 Å². The van der Waals surface area contributed by atoms with Crippen molar-refractivity contribution in [1.82, 2.24) is 25.3 Å². The van der Waals surface area contributed by atoms with E-state index in [2.05, 4.69) is 10.6 Å². The van der Waals surface area contributed by atoms with Crippen LogP contribution in [0.5, 0.6) is 0 Å². The molecule has 2 heterocycles. The van der Waals surface area contributed by atoms with Crippen molar-refractivity contribution in [3.05, 3.63) is 70.5 Å². The molecular weight excluding hydrogens is 601 g/mol. The lowest BCUT2D eigenvalue weighted by Crippen LogP contribution is -2.52. The monoisotopic (exact) mass is 630 g/mol. The summed E-state index contributed by atoms with van der Waals surface area (Å²) in [5.41, 5.74) is -3.60. The molecule has 0 aromatic heterocycles. The molecule has 9 nitrogen and oxygen atoms in total. The second kappa shape index (κ2) is 12.3. The maximum absolute atomic E-state index is 13.9. The number of halogens is 7. The van der Waals surface area contributed by atoms with Gasteiger partial charge in [0, 0.05) is 39.6 Å². The normalized spacial score (nSPS) is 19.3. The van der Waals surface area contributed by atoms with Crippen LogP contribution in [0.15, 0.2) is 42.5 Å². The van der Waals surface area contributed by atoms with E-state index in [0.29, 0.717) is 6.07 Å². The van der Waals surface area contributed by atoms with Gasteiger partial charge in [-0.2, -0.15) is 26.3 Å². The van der Waals surface area contributed by atoms with E-state index in [0.717, 1.165) is 29.2 Å². The van der Waals surface area contributed by atoms with Crippen LogP contribution in [0.25, 0.3) is 0 Å². The van der Waals surface area contributed by atoms with Crippen molar-refractivity contribution in [2.75, 3.05) is 33.2 Å². The summed E-state index contributed by atoms with van der Waals surface area (Å²) in [7, 11) is 1.42. The zero-order valence-electron chi connectivity index (χ0n) is 23.4. The topological polar surface area (TPSA) is 109 Å². The van der Waals surface area contributed by atoms with E-state index in [1.807, 2.05) is 0 Å². The highest BCUT2D eigenvalue weighted by Crippen LogP contribution is 2.38. The lowest BCUT2D eigenvalue weighted by atomic mass is 9.84. The summed E-state index contributed by atoms with van der Waals surface area (Å²) in [5.74, 6) is -2.98. The Kier molecular flexibility index (Phi) is 9.11. The number of alkyl halides is 6. The van der Waals surface area contributed by atoms with Gasteiger partial charge in [-0.1, -0.05) is 18.2 Å². The first-order chi connectivity index (χ1) is 20.6. The molecule has 0 unspecified atom stereocenters. The minimum absolute atomic E-state index is 0.0227. The van der Waals surface area contributed by atoms with Crippen LogP contribution in [-0.2, 0) is 23.1 Å². The Bertz CT molecular complexity index is 1420. The van der Waals surface area contributed by atoms with E-state index in [1.165, 1.54) is 29.0 Å². The van der Waals surface area contributed by atoms with Crippen LogP contribution < -0.4 is 10.6 Å². The third-order valence-electron chi connectivity index (χ3n) is 7.59. The minimum atomic E-state index is -4.90. The average Bonchev–Trinajstić information content (AvgIpc) is 3.20. The first kappa shape index (κ1) is 32.5. The molecule has 0 bridgehead atoms. The fourth-order valence-electron chi connectivity index (χ4n) is 5.34. The number of amides is 4. The summed E-state index contributed by atoms with van der Waals surface area (Å²) >= 11 is 0. The van der Waals surface area contributed by atoms with E-state index in [4.69, 9.17) is 5.41 Å². The summed E-state index contributed by atoms with van der Waals surface area (Å²) in [6.45, 7) is -0.333. The molecule has 2 aromatic rings. The molecule has 3 N–H and O–H groups in total. The van der Waals surface area contributed by atoms with Gasteiger partial charge in [0.1, 0.15) is 11.4 Å². The maximum atomic E-state index is 13.9. The van der Waals surface area contributed by atoms with Crippen molar-refractivity contribution in [2.24, 2.45) is 0 Å². The first-order valence-corrected chi connectivity index (χ1v) is 13.5.